The molecule has 122 valence electrons. The maximum absolute atomic E-state index is 5.35. The van der Waals surface area contributed by atoms with E-state index in [2.05, 4.69) is 55.4 Å². The lowest BCUT2D eigenvalue weighted by Gasteiger charge is -2.33. The molecule has 2 saturated carbocycles. The van der Waals surface area contributed by atoms with Gasteiger partial charge in [-0.25, -0.2) is 0 Å². The third kappa shape index (κ3) is 2.63. The molecule has 2 aromatic rings. The van der Waals surface area contributed by atoms with E-state index in [4.69, 9.17) is 4.74 Å². The highest BCUT2D eigenvalue weighted by atomic mass is 16.5. The van der Waals surface area contributed by atoms with E-state index in [0.29, 0.717) is 0 Å². The quantitative estimate of drug-likeness (QED) is 0.822. The molecule has 4 rings (SSSR count). The lowest BCUT2D eigenvalue weighted by molar-refractivity contribution is 0.219. The molecule has 2 aromatic carbocycles. The summed E-state index contributed by atoms with van der Waals surface area (Å²) in [7, 11) is 6.17. The van der Waals surface area contributed by atoms with Crippen LogP contribution in [-0.2, 0) is 0 Å². The molecule has 4 atom stereocenters. The highest BCUT2D eigenvalue weighted by Crippen LogP contribution is 2.56. The van der Waals surface area contributed by atoms with Crippen LogP contribution in [0.5, 0.6) is 5.75 Å². The SMILES string of the molecule is COc1ccc2cc([C@@H]3[C@@H]4CC[C@@H](C4)[C@@H]3CN(C)C)ccc2c1. The first-order chi connectivity index (χ1) is 11.2. The lowest BCUT2D eigenvalue weighted by atomic mass is 9.75. The van der Waals surface area contributed by atoms with Gasteiger partial charge < -0.3 is 9.64 Å². The standard InChI is InChI=1S/C21H27NO/c1-22(2)13-20-16-5-7-18(11-16)21(20)17-6-4-15-12-19(23-3)9-8-14(15)10-17/h4,6,8-10,12,16,18,20-21H,5,7,11,13H2,1-3H3/t16-,18+,20-,21+/m0/s1. The van der Waals surface area contributed by atoms with Gasteiger partial charge in [-0.3, -0.25) is 0 Å². The maximum Gasteiger partial charge on any atom is 0.119 e. The molecular weight excluding hydrogens is 282 g/mol. The molecule has 0 saturated heterocycles. The molecule has 0 aliphatic heterocycles. The number of benzene rings is 2. The Hall–Kier alpha value is -1.54. The fraction of sp³-hybridized carbons (Fsp3) is 0.524. The van der Waals surface area contributed by atoms with Gasteiger partial charge in [-0.05, 0) is 85.5 Å². The topological polar surface area (TPSA) is 12.5 Å². The fourth-order valence-corrected chi connectivity index (χ4v) is 5.19. The Balaban J connectivity index is 1.69. The first-order valence-electron chi connectivity index (χ1n) is 8.88. The van der Waals surface area contributed by atoms with Gasteiger partial charge >= 0.3 is 0 Å². The van der Waals surface area contributed by atoms with Gasteiger partial charge in [-0.1, -0.05) is 24.3 Å². The molecule has 0 unspecified atom stereocenters. The van der Waals surface area contributed by atoms with Crippen LogP contribution in [0.2, 0.25) is 0 Å². The van der Waals surface area contributed by atoms with Crippen LogP contribution in [-0.4, -0.2) is 32.6 Å². The molecule has 0 heterocycles. The normalized spacial score (nSPS) is 29.6. The van der Waals surface area contributed by atoms with Crippen LogP contribution in [0.4, 0.5) is 0 Å². The van der Waals surface area contributed by atoms with Crippen LogP contribution in [0.25, 0.3) is 10.8 Å². The van der Waals surface area contributed by atoms with Crippen molar-refractivity contribution in [3.63, 3.8) is 0 Å². The van der Waals surface area contributed by atoms with Crippen LogP contribution < -0.4 is 4.74 Å². The number of rotatable bonds is 4. The van der Waals surface area contributed by atoms with Gasteiger partial charge in [0.2, 0.25) is 0 Å². The monoisotopic (exact) mass is 309 g/mol. The third-order valence-electron chi connectivity index (χ3n) is 6.12. The van der Waals surface area contributed by atoms with Gasteiger partial charge in [0.05, 0.1) is 7.11 Å². The summed E-state index contributed by atoms with van der Waals surface area (Å²) < 4.78 is 5.35. The van der Waals surface area contributed by atoms with Gasteiger partial charge in [0, 0.05) is 6.54 Å². The minimum Gasteiger partial charge on any atom is -0.497 e. The molecule has 2 bridgehead atoms. The van der Waals surface area contributed by atoms with Gasteiger partial charge in [0.15, 0.2) is 0 Å². The Morgan fingerprint density at radius 3 is 2.52 bits per heavy atom. The lowest BCUT2D eigenvalue weighted by Crippen LogP contribution is -2.30. The summed E-state index contributed by atoms with van der Waals surface area (Å²) in [6.07, 6.45) is 4.33. The molecule has 2 fully saturated rings. The van der Waals surface area contributed by atoms with Gasteiger partial charge in [-0.15, -0.1) is 0 Å². The van der Waals surface area contributed by atoms with Crippen molar-refractivity contribution in [3.8, 4) is 5.75 Å². The van der Waals surface area contributed by atoms with Crippen molar-refractivity contribution in [3.05, 3.63) is 42.0 Å². The molecule has 0 spiro atoms. The Morgan fingerprint density at radius 2 is 1.74 bits per heavy atom. The van der Waals surface area contributed by atoms with Crippen LogP contribution in [0.1, 0.15) is 30.7 Å². The van der Waals surface area contributed by atoms with E-state index in [1.807, 2.05) is 0 Å². The van der Waals surface area contributed by atoms with E-state index >= 15 is 0 Å². The first-order valence-corrected chi connectivity index (χ1v) is 8.88. The van der Waals surface area contributed by atoms with Crippen molar-refractivity contribution in [1.29, 1.82) is 0 Å². The summed E-state index contributed by atoms with van der Waals surface area (Å²) in [4.78, 5) is 2.38. The van der Waals surface area contributed by atoms with Crippen molar-refractivity contribution >= 4 is 10.8 Å². The summed E-state index contributed by atoms with van der Waals surface area (Å²) in [6.45, 7) is 1.23. The van der Waals surface area contributed by atoms with Crippen molar-refractivity contribution in [2.75, 3.05) is 27.7 Å². The van der Waals surface area contributed by atoms with E-state index in [0.717, 1.165) is 29.4 Å². The minimum atomic E-state index is 0.752. The Morgan fingerprint density at radius 1 is 1.00 bits per heavy atom. The Kier molecular flexibility index (Phi) is 3.81. The average Bonchev–Trinajstić information content (AvgIpc) is 3.14. The molecule has 23 heavy (non-hydrogen) atoms. The van der Waals surface area contributed by atoms with Crippen molar-refractivity contribution < 1.29 is 4.74 Å². The molecule has 2 heteroatoms. The predicted octanol–water partition coefficient (Wildman–Crippen LogP) is 4.54. The number of ether oxygens (including phenoxy) is 1. The Labute approximate surface area is 139 Å². The van der Waals surface area contributed by atoms with E-state index in [9.17, 15) is 0 Å². The van der Waals surface area contributed by atoms with Crippen LogP contribution in [0.15, 0.2) is 36.4 Å². The summed E-state index contributed by atoms with van der Waals surface area (Å²) in [5, 5.41) is 2.62. The zero-order valence-corrected chi connectivity index (χ0v) is 14.5. The van der Waals surface area contributed by atoms with Gasteiger partial charge in [-0.2, -0.15) is 0 Å². The number of hydrogen-bond donors (Lipinski definition) is 0. The first kappa shape index (κ1) is 15.0. The zero-order valence-electron chi connectivity index (χ0n) is 14.5. The largest absolute Gasteiger partial charge is 0.497 e. The van der Waals surface area contributed by atoms with Crippen molar-refractivity contribution in [2.24, 2.45) is 17.8 Å². The molecule has 2 aliphatic carbocycles. The summed E-state index contributed by atoms with van der Waals surface area (Å²) in [5.74, 6) is 4.37. The van der Waals surface area contributed by atoms with Crippen molar-refractivity contribution in [2.45, 2.75) is 25.2 Å². The van der Waals surface area contributed by atoms with E-state index < -0.39 is 0 Å². The molecule has 0 N–H and O–H groups in total. The van der Waals surface area contributed by atoms with Crippen LogP contribution >= 0.6 is 0 Å². The van der Waals surface area contributed by atoms with Crippen LogP contribution in [0, 0.1) is 17.8 Å². The molecule has 0 radical (unpaired) electrons. The van der Waals surface area contributed by atoms with Crippen LogP contribution in [0.3, 0.4) is 0 Å². The van der Waals surface area contributed by atoms with E-state index in [-0.39, 0.29) is 0 Å². The highest BCUT2D eigenvalue weighted by molar-refractivity contribution is 5.84. The smallest absolute Gasteiger partial charge is 0.119 e. The molecule has 2 aliphatic rings. The number of fused-ring (bicyclic) bond motifs is 3. The summed E-state index contributed by atoms with van der Waals surface area (Å²) in [6, 6.07) is 13.5. The predicted molar refractivity (Wildman–Crippen MR) is 96.1 cm³/mol. The highest BCUT2D eigenvalue weighted by Gasteiger charge is 2.47. The number of hydrogen-bond acceptors (Lipinski definition) is 2. The second-order valence-electron chi connectivity index (χ2n) is 7.76. The van der Waals surface area contributed by atoms with E-state index in [1.54, 1.807) is 12.7 Å². The number of methoxy groups -OCH3 is 1. The molecule has 0 aromatic heterocycles. The third-order valence-corrected chi connectivity index (χ3v) is 6.12. The average molecular weight is 309 g/mol. The van der Waals surface area contributed by atoms with Gasteiger partial charge in [0.1, 0.15) is 5.75 Å². The second kappa shape index (κ2) is 5.83. The maximum atomic E-state index is 5.35. The van der Waals surface area contributed by atoms with Gasteiger partial charge in [0.25, 0.3) is 0 Å². The molecule has 2 nitrogen and oxygen atoms in total. The zero-order chi connectivity index (χ0) is 16.0. The Bertz CT molecular complexity index is 708. The van der Waals surface area contributed by atoms with E-state index in [1.165, 1.54) is 36.6 Å². The molecular formula is C21H27NO. The van der Waals surface area contributed by atoms with Crippen molar-refractivity contribution in [1.82, 2.24) is 4.90 Å². The second-order valence-corrected chi connectivity index (χ2v) is 7.76. The number of nitrogens with zero attached hydrogens (tertiary/aromatic N) is 1. The molecule has 0 amide bonds. The fourth-order valence-electron chi connectivity index (χ4n) is 5.19. The summed E-state index contributed by atoms with van der Waals surface area (Å²) >= 11 is 0. The summed E-state index contributed by atoms with van der Waals surface area (Å²) in [5.41, 5.74) is 1.56. The minimum absolute atomic E-state index is 0.752.